The molecule has 1 aromatic heterocycles. The maximum Gasteiger partial charge on any atom is 0.326 e. The monoisotopic (exact) mass is 346 g/mol. The molecule has 0 radical (unpaired) electrons. The third kappa shape index (κ3) is 3.71. The first-order valence-electron chi connectivity index (χ1n) is 6.02. The van der Waals surface area contributed by atoms with Gasteiger partial charge in [-0.15, -0.1) is 0 Å². The first kappa shape index (κ1) is 16.6. The van der Waals surface area contributed by atoms with Crippen LogP contribution >= 0.6 is 11.7 Å². The van der Waals surface area contributed by atoms with Crippen LogP contribution in [0.25, 0.3) is 11.0 Å². The number of nitrogens with zero attached hydrogens (tertiary/aromatic N) is 3. The average molecular weight is 346 g/mol. The first-order chi connectivity index (χ1) is 10.8. The van der Waals surface area contributed by atoms with Gasteiger partial charge in [0.15, 0.2) is 5.52 Å². The predicted octanol–water partition coefficient (Wildman–Crippen LogP) is 1.44. The summed E-state index contributed by atoms with van der Waals surface area (Å²) in [7, 11) is 0. The maximum atomic E-state index is 12.3. The average Bonchev–Trinajstić information content (AvgIpc) is 2.92. The van der Waals surface area contributed by atoms with E-state index in [9.17, 15) is 28.5 Å². The third-order valence-corrected chi connectivity index (χ3v) is 3.36. The van der Waals surface area contributed by atoms with Crippen molar-refractivity contribution < 1.29 is 28.4 Å². The van der Waals surface area contributed by atoms with Crippen molar-refractivity contribution in [3.8, 4) is 0 Å². The van der Waals surface area contributed by atoms with Crippen LogP contribution in [0.5, 0.6) is 0 Å². The highest BCUT2D eigenvalue weighted by Crippen LogP contribution is 2.25. The van der Waals surface area contributed by atoms with Gasteiger partial charge >= 0.3 is 5.97 Å². The number of benzene rings is 1. The summed E-state index contributed by atoms with van der Waals surface area (Å²) in [4.78, 5) is 33.1. The molecule has 0 aliphatic rings. The SMILES string of the molecule is O=C(NC(CC(F)F)C(=O)O)c1cc([N+](=O)[O-])c2nsnc2c1. The molecule has 1 unspecified atom stereocenters. The van der Waals surface area contributed by atoms with Crippen molar-refractivity contribution in [3.63, 3.8) is 0 Å². The van der Waals surface area contributed by atoms with Crippen LogP contribution in [-0.4, -0.2) is 43.1 Å². The van der Waals surface area contributed by atoms with Crippen LogP contribution in [0.2, 0.25) is 0 Å². The number of rotatable bonds is 6. The summed E-state index contributed by atoms with van der Waals surface area (Å²) in [5, 5.41) is 21.7. The van der Waals surface area contributed by atoms with Crippen LogP contribution in [-0.2, 0) is 4.79 Å². The van der Waals surface area contributed by atoms with Crippen molar-refractivity contribution >= 4 is 40.3 Å². The number of fused-ring (bicyclic) bond motifs is 1. The Labute approximate surface area is 130 Å². The molecule has 0 spiro atoms. The van der Waals surface area contributed by atoms with E-state index in [4.69, 9.17) is 5.11 Å². The van der Waals surface area contributed by atoms with Crippen molar-refractivity contribution in [1.82, 2.24) is 14.1 Å². The Hall–Kier alpha value is -2.76. The summed E-state index contributed by atoms with van der Waals surface area (Å²) in [6, 6.07) is 0.244. The molecule has 0 fully saturated rings. The second kappa shape index (κ2) is 6.56. The van der Waals surface area contributed by atoms with Crippen molar-refractivity contribution in [3.05, 3.63) is 27.8 Å². The lowest BCUT2D eigenvalue weighted by molar-refractivity contribution is -0.383. The van der Waals surface area contributed by atoms with Gasteiger partial charge in [0, 0.05) is 18.1 Å². The summed E-state index contributed by atoms with van der Waals surface area (Å²) in [5.74, 6) is -2.67. The number of aliphatic carboxylic acids is 1. The van der Waals surface area contributed by atoms with Gasteiger partial charge in [-0.05, 0) is 6.07 Å². The fraction of sp³-hybridized carbons (Fsp3) is 0.273. The minimum Gasteiger partial charge on any atom is -0.480 e. The van der Waals surface area contributed by atoms with Gasteiger partial charge in [-0.25, -0.2) is 13.6 Å². The summed E-state index contributed by atoms with van der Waals surface area (Å²) < 4.78 is 32.1. The van der Waals surface area contributed by atoms with E-state index in [0.29, 0.717) is 11.7 Å². The van der Waals surface area contributed by atoms with E-state index in [0.717, 1.165) is 6.07 Å². The van der Waals surface area contributed by atoms with Crippen molar-refractivity contribution in [1.29, 1.82) is 0 Å². The number of hydrogen-bond donors (Lipinski definition) is 2. The molecule has 122 valence electrons. The predicted molar refractivity (Wildman–Crippen MR) is 73.6 cm³/mol. The van der Waals surface area contributed by atoms with Gasteiger partial charge in [0.2, 0.25) is 6.43 Å². The number of hydrogen-bond acceptors (Lipinski definition) is 7. The van der Waals surface area contributed by atoms with E-state index in [1.54, 1.807) is 0 Å². The molecular formula is C11H8F2N4O5S. The van der Waals surface area contributed by atoms with Crippen LogP contribution in [0.4, 0.5) is 14.5 Å². The number of carboxylic acid groups (broad SMARTS) is 1. The Kier molecular flexibility index (Phi) is 4.74. The summed E-state index contributed by atoms with van der Waals surface area (Å²) in [6.07, 6.45) is -4.01. The number of amides is 1. The molecule has 1 atom stereocenters. The van der Waals surface area contributed by atoms with E-state index in [1.807, 2.05) is 5.32 Å². The highest BCUT2D eigenvalue weighted by atomic mass is 32.1. The zero-order valence-electron chi connectivity index (χ0n) is 11.1. The van der Waals surface area contributed by atoms with Gasteiger partial charge in [-0.2, -0.15) is 8.75 Å². The number of carboxylic acids is 1. The molecule has 1 heterocycles. The van der Waals surface area contributed by atoms with Crippen molar-refractivity contribution in [2.75, 3.05) is 0 Å². The Balaban J connectivity index is 2.33. The number of carbonyl (C=O) groups is 2. The van der Waals surface area contributed by atoms with Crippen LogP contribution < -0.4 is 5.32 Å². The quantitative estimate of drug-likeness (QED) is 0.596. The molecule has 1 amide bonds. The molecule has 0 aliphatic heterocycles. The van der Waals surface area contributed by atoms with Crippen molar-refractivity contribution in [2.45, 2.75) is 18.9 Å². The van der Waals surface area contributed by atoms with Gasteiger partial charge in [0.1, 0.15) is 11.6 Å². The zero-order valence-corrected chi connectivity index (χ0v) is 11.9. The number of alkyl halides is 2. The molecule has 2 rings (SSSR count). The van der Waals surface area contributed by atoms with E-state index in [1.165, 1.54) is 6.07 Å². The number of aromatic nitrogens is 2. The van der Waals surface area contributed by atoms with E-state index >= 15 is 0 Å². The Morgan fingerprint density at radius 3 is 2.65 bits per heavy atom. The van der Waals surface area contributed by atoms with Gasteiger partial charge in [-0.3, -0.25) is 14.9 Å². The van der Waals surface area contributed by atoms with Gasteiger partial charge in [0.05, 0.1) is 16.7 Å². The first-order valence-corrected chi connectivity index (χ1v) is 6.75. The number of nitro benzene ring substituents is 1. The highest BCUT2D eigenvalue weighted by molar-refractivity contribution is 7.00. The van der Waals surface area contributed by atoms with Gasteiger partial charge < -0.3 is 10.4 Å². The fourth-order valence-electron chi connectivity index (χ4n) is 1.78. The maximum absolute atomic E-state index is 12.3. The number of non-ortho nitro benzene ring substituents is 1. The molecule has 2 N–H and O–H groups in total. The van der Waals surface area contributed by atoms with Crippen LogP contribution in [0.3, 0.4) is 0 Å². The number of nitro groups is 1. The zero-order chi connectivity index (χ0) is 17.1. The summed E-state index contributed by atoms with van der Waals surface area (Å²) in [6.45, 7) is 0. The molecular weight excluding hydrogens is 338 g/mol. The molecule has 0 saturated heterocycles. The topological polar surface area (TPSA) is 135 Å². The van der Waals surface area contributed by atoms with E-state index < -0.39 is 41.4 Å². The van der Waals surface area contributed by atoms with Crippen molar-refractivity contribution in [2.24, 2.45) is 0 Å². The number of halogens is 2. The second-order valence-electron chi connectivity index (χ2n) is 4.38. The molecule has 0 saturated carbocycles. The fourth-order valence-corrected chi connectivity index (χ4v) is 2.32. The largest absolute Gasteiger partial charge is 0.480 e. The minimum absolute atomic E-state index is 0.0149. The Morgan fingerprint density at radius 2 is 2.09 bits per heavy atom. The Bertz CT molecular complexity index is 781. The molecule has 0 bridgehead atoms. The second-order valence-corrected chi connectivity index (χ2v) is 4.90. The number of nitrogens with one attached hydrogen (secondary N) is 1. The van der Waals surface area contributed by atoms with E-state index in [-0.39, 0.29) is 16.6 Å². The smallest absolute Gasteiger partial charge is 0.326 e. The third-order valence-electron chi connectivity index (χ3n) is 2.82. The number of carbonyl (C=O) groups excluding carboxylic acids is 1. The summed E-state index contributed by atoms with van der Waals surface area (Å²) in [5.41, 5.74) is -0.687. The van der Waals surface area contributed by atoms with Gasteiger partial charge in [0.25, 0.3) is 11.6 Å². The van der Waals surface area contributed by atoms with Crippen LogP contribution in [0.15, 0.2) is 12.1 Å². The molecule has 0 aliphatic carbocycles. The standard InChI is InChI=1S/C11H8F2N4O5S/c12-8(13)3-6(11(19)20)14-10(18)4-1-5-9(16-23-15-5)7(2-4)17(21)22/h1-2,6,8H,3H2,(H,14,18)(H,19,20). The van der Waals surface area contributed by atoms with Crippen LogP contribution in [0, 0.1) is 10.1 Å². The Morgan fingerprint density at radius 1 is 1.39 bits per heavy atom. The lowest BCUT2D eigenvalue weighted by Gasteiger charge is -2.13. The molecule has 12 heteroatoms. The molecule has 1 aromatic carbocycles. The van der Waals surface area contributed by atoms with Gasteiger partial charge in [-0.1, -0.05) is 0 Å². The van der Waals surface area contributed by atoms with Crippen LogP contribution in [0.1, 0.15) is 16.8 Å². The molecule has 2 aromatic rings. The molecule has 9 nitrogen and oxygen atoms in total. The lowest BCUT2D eigenvalue weighted by Crippen LogP contribution is -2.42. The lowest BCUT2D eigenvalue weighted by atomic mass is 10.1. The highest BCUT2D eigenvalue weighted by Gasteiger charge is 2.26. The summed E-state index contributed by atoms with van der Waals surface area (Å²) >= 11 is 0.703. The molecule has 23 heavy (non-hydrogen) atoms. The minimum atomic E-state index is -2.93. The normalized spacial score (nSPS) is 12.3. The van der Waals surface area contributed by atoms with E-state index in [2.05, 4.69) is 8.75 Å².